The van der Waals surface area contributed by atoms with Crippen LogP contribution in [0.5, 0.6) is 0 Å². The van der Waals surface area contributed by atoms with Gasteiger partial charge in [-0.3, -0.25) is 9.69 Å². The molecule has 1 aliphatic rings. The molecule has 9 heteroatoms. The molecule has 1 fully saturated rings. The first-order chi connectivity index (χ1) is 20.7. The molecule has 1 heterocycles. The predicted molar refractivity (Wildman–Crippen MR) is 159 cm³/mol. The minimum absolute atomic E-state index is 0.0516. The largest absolute Gasteiger partial charge is 0.466 e. The highest BCUT2D eigenvalue weighted by Gasteiger charge is 2.32. The van der Waals surface area contributed by atoms with Gasteiger partial charge in [-0.15, -0.1) is 0 Å². The zero-order valence-corrected chi connectivity index (χ0v) is 25.4. The fourth-order valence-electron chi connectivity index (χ4n) is 6.01. The minimum Gasteiger partial charge on any atom is -0.466 e. The molecule has 0 aliphatic carbocycles. The van der Waals surface area contributed by atoms with E-state index < -0.39 is 29.4 Å². The Morgan fingerprint density at radius 1 is 0.841 bits per heavy atom. The quantitative estimate of drug-likeness (QED) is 0.176. The number of hydrogen-bond donors (Lipinski definition) is 0. The Hall–Kier alpha value is -3.33. The lowest BCUT2D eigenvalue weighted by Crippen LogP contribution is -2.36. The van der Waals surface area contributed by atoms with Crippen molar-refractivity contribution in [3.05, 3.63) is 94.5 Å². The molecule has 3 aromatic carbocycles. The Balaban J connectivity index is 1.70. The Labute approximate surface area is 255 Å². The molecule has 0 saturated carbocycles. The molecule has 0 amide bonds. The lowest BCUT2D eigenvalue weighted by Gasteiger charge is -2.37. The average molecular weight is 620 g/mol. The van der Waals surface area contributed by atoms with E-state index in [1.54, 1.807) is 6.92 Å². The lowest BCUT2D eigenvalue weighted by atomic mass is 9.82. The van der Waals surface area contributed by atoms with Crippen molar-refractivity contribution in [2.45, 2.75) is 77.2 Å². The maximum absolute atomic E-state index is 13.3. The van der Waals surface area contributed by atoms with Gasteiger partial charge in [-0.25, -0.2) is 0 Å². The molecule has 0 aromatic heterocycles. The molecule has 4 rings (SSSR count). The summed E-state index contributed by atoms with van der Waals surface area (Å²) in [5.41, 5.74) is 2.43. The first-order valence-corrected chi connectivity index (χ1v) is 15.1. The van der Waals surface area contributed by atoms with Gasteiger partial charge in [0, 0.05) is 12.6 Å². The van der Waals surface area contributed by atoms with Crippen LogP contribution in [0.25, 0.3) is 11.1 Å². The third-order valence-corrected chi connectivity index (χ3v) is 8.40. The van der Waals surface area contributed by atoms with E-state index >= 15 is 0 Å². The summed E-state index contributed by atoms with van der Waals surface area (Å²) in [6.45, 7) is 9.44. The third kappa shape index (κ3) is 8.23. The number of ether oxygens (including phenoxy) is 1. The Morgan fingerprint density at radius 3 is 1.98 bits per heavy atom. The van der Waals surface area contributed by atoms with Crippen molar-refractivity contribution < 1.29 is 35.9 Å². The van der Waals surface area contributed by atoms with Gasteiger partial charge in [0.1, 0.15) is 0 Å². The zero-order valence-electron chi connectivity index (χ0n) is 25.4. The molecular formula is C35H39F6NO2. The van der Waals surface area contributed by atoms with Gasteiger partial charge in [-0.2, -0.15) is 26.3 Å². The van der Waals surface area contributed by atoms with Crippen molar-refractivity contribution in [3.8, 4) is 11.1 Å². The van der Waals surface area contributed by atoms with E-state index in [9.17, 15) is 31.1 Å². The summed E-state index contributed by atoms with van der Waals surface area (Å²) in [5, 5.41) is 0. The standard InChI is InChI=1S/C35H39F6NO2/c1-5-44-33(43)32(17-22(2)3)29-19-27(25-10-14-31(15-11-25)35(39,40)41)18-28(20-29)26-7-6-16-42(21-26)23(4)24-8-12-30(13-9-24)34(36,37)38/h8-15,18-20,22-23,26,32H,5-7,16-17,21H2,1-4H3/t23?,26?,32-/m0/s1. The van der Waals surface area contributed by atoms with Crippen LogP contribution < -0.4 is 0 Å². The minimum atomic E-state index is -4.45. The summed E-state index contributed by atoms with van der Waals surface area (Å²) < 4.78 is 84.6. The van der Waals surface area contributed by atoms with Crippen LogP contribution in [0.4, 0.5) is 26.3 Å². The average Bonchev–Trinajstić information content (AvgIpc) is 2.98. The third-order valence-electron chi connectivity index (χ3n) is 8.40. The number of likely N-dealkylation sites (tertiary alicyclic amines) is 1. The van der Waals surface area contributed by atoms with Crippen molar-refractivity contribution in [3.63, 3.8) is 0 Å². The van der Waals surface area contributed by atoms with Gasteiger partial charge >= 0.3 is 18.3 Å². The number of piperidine rings is 1. The van der Waals surface area contributed by atoms with Crippen LogP contribution in [0, 0.1) is 5.92 Å². The van der Waals surface area contributed by atoms with E-state index in [1.807, 2.05) is 39.0 Å². The van der Waals surface area contributed by atoms with E-state index in [4.69, 9.17) is 4.74 Å². The number of nitrogens with zero attached hydrogens (tertiary/aromatic N) is 1. The highest BCUT2D eigenvalue weighted by molar-refractivity contribution is 5.79. The zero-order chi connectivity index (χ0) is 32.2. The molecule has 44 heavy (non-hydrogen) atoms. The molecule has 0 radical (unpaired) electrons. The highest BCUT2D eigenvalue weighted by atomic mass is 19.4. The van der Waals surface area contributed by atoms with E-state index in [0.29, 0.717) is 18.5 Å². The van der Waals surface area contributed by atoms with Gasteiger partial charge in [-0.1, -0.05) is 56.3 Å². The molecule has 1 aliphatic heterocycles. The number of benzene rings is 3. The molecule has 3 nitrogen and oxygen atoms in total. The molecule has 2 unspecified atom stereocenters. The molecule has 0 spiro atoms. The summed E-state index contributed by atoms with van der Waals surface area (Å²) in [6.07, 6.45) is -6.57. The summed E-state index contributed by atoms with van der Waals surface area (Å²) in [4.78, 5) is 15.4. The van der Waals surface area contributed by atoms with Crippen LogP contribution in [0.3, 0.4) is 0 Å². The van der Waals surface area contributed by atoms with E-state index in [0.717, 1.165) is 65.9 Å². The van der Waals surface area contributed by atoms with E-state index in [-0.39, 0.29) is 30.5 Å². The fraction of sp³-hybridized carbons (Fsp3) is 0.457. The number of esters is 1. The van der Waals surface area contributed by atoms with E-state index in [2.05, 4.69) is 4.90 Å². The summed E-state index contributed by atoms with van der Waals surface area (Å²) in [6, 6.07) is 16.1. The number of alkyl halides is 6. The van der Waals surface area contributed by atoms with Crippen molar-refractivity contribution in [2.24, 2.45) is 5.92 Å². The number of rotatable bonds is 9. The Morgan fingerprint density at radius 2 is 1.43 bits per heavy atom. The van der Waals surface area contributed by atoms with Gasteiger partial charge in [0.2, 0.25) is 0 Å². The Bertz CT molecular complexity index is 1400. The van der Waals surface area contributed by atoms with Gasteiger partial charge in [-0.05, 0) is 104 Å². The number of carbonyl (C=O) groups is 1. The van der Waals surface area contributed by atoms with Crippen LogP contribution in [0.2, 0.25) is 0 Å². The van der Waals surface area contributed by atoms with Gasteiger partial charge < -0.3 is 4.74 Å². The molecule has 1 saturated heterocycles. The van der Waals surface area contributed by atoms with E-state index in [1.165, 1.54) is 24.3 Å². The van der Waals surface area contributed by atoms with Gasteiger partial charge in [0.15, 0.2) is 0 Å². The number of carbonyl (C=O) groups excluding carboxylic acids is 1. The normalized spacial score (nSPS) is 17.8. The van der Waals surface area contributed by atoms with Crippen LogP contribution in [-0.2, 0) is 21.9 Å². The summed E-state index contributed by atoms with van der Waals surface area (Å²) >= 11 is 0. The molecule has 0 bridgehead atoms. The second-order valence-electron chi connectivity index (χ2n) is 12.0. The topological polar surface area (TPSA) is 29.5 Å². The molecular weight excluding hydrogens is 580 g/mol. The second-order valence-corrected chi connectivity index (χ2v) is 12.0. The maximum Gasteiger partial charge on any atom is 0.416 e. The number of halogens is 6. The second kappa shape index (κ2) is 13.8. The highest BCUT2D eigenvalue weighted by Crippen LogP contribution is 2.39. The fourth-order valence-corrected chi connectivity index (χ4v) is 6.01. The maximum atomic E-state index is 13.3. The smallest absolute Gasteiger partial charge is 0.416 e. The van der Waals surface area contributed by atoms with Crippen molar-refractivity contribution >= 4 is 5.97 Å². The SMILES string of the molecule is CCOC(=O)[C@@H](CC(C)C)c1cc(-c2ccc(C(F)(F)F)cc2)cc(C2CCCN(C(C)c3ccc(C(F)(F)F)cc3)C2)c1. The van der Waals surface area contributed by atoms with Crippen LogP contribution >= 0.6 is 0 Å². The lowest BCUT2D eigenvalue weighted by molar-refractivity contribution is -0.145. The summed E-state index contributed by atoms with van der Waals surface area (Å²) in [7, 11) is 0. The first kappa shape index (κ1) is 33.6. The monoisotopic (exact) mass is 619 g/mol. The molecule has 238 valence electrons. The molecule has 3 aromatic rings. The summed E-state index contributed by atoms with van der Waals surface area (Å²) in [5.74, 6) is -0.625. The van der Waals surface area contributed by atoms with Crippen molar-refractivity contribution in [1.29, 1.82) is 0 Å². The molecule has 3 atom stereocenters. The van der Waals surface area contributed by atoms with Gasteiger partial charge in [0.05, 0.1) is 23.7 Å². The number of hydrogen-bond acceptors (Lipinski definition) is 3. The van der Waals surface area contributed by atoms with Crippen LogP contribution in [-0.4, -0.2) is 30.6 Å². The first-order valence-electron chi connectivity index (χ1n) is 15.1. The Kier molecular flexibility index (Phi) is 10.5. The van der Waals surface area contributed by atoms with Crippen LogP contribution in [0.15, 0.2) is 66.7 Å². The molecule has 0 N–H and O–H groups in total. The predicted octanol–water partition coefficient (Wildman–Crippen LogP) is 10.0. The van der Waals surface area contributed by atoms with Crippen LogP contribution in [0.1, 0.15) is 92.7 Å². The van der Waals surface area contributed by atoms with Crippen molar-refractivity contribution in [2.75, 3.05) is 19.7 Å². The van der Waals surface area contributed by atoms with Gasteiger partial charge in [0.25, 0.3) is 0 Å². The van der Waals surface area contributed by atoms with Crippen molar-refractivity contribution in [1.82, 2.24) is 4.90 Å².